The van der Waals surface area contributed by atoms with Crippen LogP contribution in [-0.4, -0.2) is 65.2 Å². The number of piperazine rings is 3. The number of hydrogen-bond donors (Lipinski definition) is 0. The number of quaternary nitrogens is 1. The highest BCUT2D eigenvalue weighted by molar-refractivity contribution is 4.70. The van der Waals surface area contributed by atoms with Crippen molar-refractivity contribution in [1.82, 2.24) is 4.90 Å². The second kappa shape index (κ2) is 4.70. The summed E-state index contributed by atoms with van der Waals surface area (Å²) in [5.41, 5.74) is 0. The zero-order valence-electron chi connectivity index (χ0n) is 7.05. The van der Waals surface area contributed by atoms with E-state index < -0.39 is 0 Å². The van der Waals surface area contributed by atoms with Crippen LogP contribution in [0.4, 0.5) is 0 Å². The summed E-state index contributed by atoms with van der Waals surface area (Å²) in [5.74, 6) is 0. The first kappa shape index (κ1) is 14.3. The largest absolute Gasteiger partial charge is 0.633 e. The fourth-order valence-corrected chi connectivity index (χ4v) is 1.64. The molecule has 3 fully saturated rings. The van der Waals surface area contributed by atoms with Crippen molar-refractivity contribution in [2.24, 2.45) is 0 Å². The normalized spacial score (nSPS) is 37.2. The van der Waals surface area contributed by atoms with E-state index in [0.717, 1.165) is 39.3 Å². The minimum Gasteiger partial charge on any atom is -0.633 e. The zero-order chi connectivity index (χ0) is 6.32. The van der Waals surface area contributed by atoms with Gasteiger partial charge in [0.1, 0.15) is 0 Å². The maximum atomic E-state index is 11.4. The van der Waals surface area contributed by atoms with E-state index >= 15 is 0 Å². The molecule has 0 unspecified atom stereocenters. The predicted octanol–water partition coefficient (Wildman–Crippen LogP) is -2.84. The minimum absolute atomic E-state index is 0. The van der Waals surface area contributed by atoms with Gasteiger partial charge in [-0.2, -0.15) is 0 Å². The van der Waals surface area contributed by atoms with Crippen LogP contribution in [0.3, 0.4) is 0 Å². The van der Waals surface area contributed by atoms with Crippen molar-refractivity contribution in [1.29, 1.82) is 0 Å². The Labute approximate surface area is 71.5 Å². The molecule has 0 aromatic carbocycles. The summed E-state index contributed by atoms with van der Waals surface area (Å²) in [6.45, 7) is 5.59. The monoisotopic (exact) mass is 182 g/mol. The number of rotatable bonds is 0. The van der Waals surface area contributed by atoms with E-state index in [9.17, 15) is 5.21 Å². The summed E-state index contributed by atoms with van der Waals surface area (Å²) >= 11 is 0. The molecule has 0 aromatic heterocycles. The number of fused-ring (bicyclic) bond motifs is 3. The van der Waals surface area contributed by atoms with Crippen LogP contribution in [0.1, 0.15) is 0 Å². The van der Waals surface area contributed by atoms with E-state index in [-0.39, 0.29) is 21.1 Å². The molecule has 76 valence electrons. The minimum atomic E-state index is 0. The second-order valence-electron chi connectivity index (χ2n) is 3.07. The number of hydrogen-bond acceptors (Lipinski definition) is 2. The van der Waals surface area contributed by atoms with Gasteiger partial charge in [-0.15, -0.1) is 0 Å². The van der Waals surface area contributed by atoms with Gasteiger partial charge in [0.15, 0.2) is 0 Å². The van der Waals surface area contributed by atoms with E-state index in [4.69, 9.17) is 0 Å². The molecule has 3 saturated heterocycles. The Balaban J connectivity index is 0. The van der Waals surface area contributed by atoms with Gasteiger partial charge in [0, 0.05) is 19.6 Å². The van der Waals surface area contributed by atoms with Crippen LogP contribution in [0.2, 0.25) is 0 Å². The van der Waals surface area contributed by atoms with Crippen molar-refractivity contribution in [3.63, 3.8) is 0 Å². The Hall–Kier alpha value is -0.240. The Morgan fingerprint density at radius 3 is 1.33 bits per heavy atom. The predicted molar refractivity (Wildman–Crippen MR) is 45.5 cm³/mol. The molecule has 3 rings (SSSR count). The van der Waals surface area contributed by atoms with Crippen LogP contribution in [0.25, 0.3) is 0 Å². The smallest absolute Gasteiger partial charge is 0.0913 e. The van der Waals surface area contributed by atoms with Crippen molar-refractivity contribution in [2.75, 3.05) is 39.3 Å². The molecule has 3 heterocycles. The summed E-state index contributed by atoms with van der Waals surface area (Å²) < 4.78 is 0.0938. The highest BCUT2D eigenvalue weighted by Gasteiger charge is 2.31. The first-order chi connectivity index (χ1) is 4.29. The fourth-order valence-electron chi connectivity index (χ4n) is 1.64. The van der Waals surface area contributed by atoms with Gasteiger partial charge in [-0.3, -0.25) is 4.90 Å². The third kappa shape index (κ3) is 2.37. The first-order valence-corrected chi connectivity index (χ1v) is 3.58. The van der Waals surface area contributed by atoms with Gasteiger partial charge >= 0.3 is 0 Å². The summed E-state index contributed by atoms with van der Waals surface area (Å²) in [6.07, 6.45) is 0. The lowest BCUT2D eigenvalue weighted by molar-refractivity contribution is -0.895. The molecule has 0 spiro atoms. The molecule has 0 atom stereocenters. The Morgan fingerprint density at radius 1 is 0.833 bits per heavy atom. The number of nitrogens with zero attached hydrogens (tertiary/aromatic N) is 2. The van der Waals surface area contributed by atoms with E-state index in [1.165, 1.54) is 0 Å². The van der Waals surface area contributed by atoms with E-state index in [1.807, 2.05) is 0 Å². The molecule has 6 heteroatoms. The van der Waals surface area contributed by atoms with Crippen molar-refractivity contribution in [2.45, 2.75) is 0 Å². The molecule has 2 bridgehead atoms. The lowest BCUT2D eigenvalue weighted by Gasteiger charge is -2.53. The third-order valence-corrected chi connectivity index (χ3v) is 2.47. The summed E-state index contributed by atoms with van der Waals surface area (Å²) in [5, 5.41) is 11.4. The summed E-state index contributed by atoms with van der Waals surface area (Å²) in [4.78, 5) is 2.37. The molecule has 0 radical (unpaired) electrons. The highest BCUT2D eigenvalue weighted by Crippen LogP contribution is 2.16. The lowest BCUT2D eigenvalue weighted by Crippen LogP contribution is -2.64. The highest BCUT2D eigenvalue weighted by atomic mass is 16.5. The van der Waals surface area contributed by atoms with Crippen molar-refractivity contribution in [3.05, 3.63) is 5.21 Å². The Morgan fingerprint density at radius 2 is 1.17 bits per heavy atom. The standard InChI is InChI=1S/C6H12N2O.3H2O/c9-8-4-1-7(2-5-8)3-6-8;;;/h1-6H2;3*1H2. The van der Waals surface area contributed by atoms with Crippen molar-refractivity contribution < 1.29 is 21.1 Å². The van der Waals surface area contributed by atoms with Crippen LogP contribution in [0.15, 0.2) is 0 Å². The average Bonchev–Trinajstić information content (AvgIpc) is 1.90. The molecule has 0 saturated carbocycles. The van der Waals surface area contributed by atoms with Gasteiger partial charge in [-0.1, -0.05) is 0 Å². The third-order valence-electron chi connectivity index (χ3n) is 2.47. The molecule has 6 N–H and O–H groups in total. The molecule has 0 amide bonds. The van der Waals surface area contributed by atoms with Crippen molar-refractivity contribution >= 4 is 0 Å². The summed E-state index contributed by atoms with van der Waals surface area (Å²) in [6, 6.07) is 0. The lowest BCUT2D eigenvalue weighted by atomic mass is 10.2. The molecule has 6 nitrogen and oxygen atoms in total. The summed E-state index contributed by atoms with van der Waals surface area (Å²) in [7, 11) is 0. The van der Waals surface area contributed by atoms with Crippen LogP contribution >= 0.6 is 0 Å². The molecule has 0 aromatic rings. The van der Waals surface area contributed by atoms with E-state index in [1.54, 1.807) is 0 Å². The first-order valence-electron chi connectivity index (χ1n) is 3.58. The fraction of sp³-hybridized carbons (Fsp3) is 1.00. The molecule has 12 heavy (non-hydrogen) atoms. The molecule has 3 aliphatic heterocycles. The molecular formula is C6H18N2O4. The van der Waals surface area contributed by atoms with Crippen LogP contribution in [0.5, 0.6) is 0 Å². The van der Waals surface area contributed by atoms with E-state index in [2.05, 4.69) is 4.90 Å². The van der Waals surface area contributed by atoms with Crippen molar-refractivity contribution in [3.8, 4) is 0 Å². The second-order valence-corrected chi connectivity index (χ2v) is 3.07. The maximum absolute atomic E-state index is 11.4. The Kier molecular flexibility index (Phi) is 5.60. The Bertz CT molecular complexity index is 111. The van der Waals surface area contributed by atoms with Gasteiger partial charge in [0.2, 0.25) is 0 Å². The van der Waals surface area contributed by atoms with Crippen LogP contribution < -0.4 is 0 Å². The van der Waals surface area contributed by atoms with Crippen LogP contribution in [-0.2, 0) is 0 Å². The van der Waals surface area contributed by atoms with Gasteiger partial charge in [-0.25, -0.2) is 0 Å². The van der Waals surface area contributed by atoms with Gasteiger partial charge in [0.05, 0.1) is 19.6 Å². The van der Waals surface area contributed by atoms with Gasteiger partial charge in [-0.05, 0) is 0 Å². The average molecular weight is 182 g/mol. The van der Waals surface area contributed by atoms with E-state index in [0.29, 0.717) is 0 Å². The molecule has 0 aliphatic carbocycles. The molecular weight excluding hydrogens is 164 g/mol. The quantitative estimate of drug-likeness (QED) is 0.296. The topological polar surface area (TPSA) is 121 Å². The van der Waals surface area contributed by atoms with Gasteiger partial charge < -0.3 is 26.3 Å². The van der Waals surface area contributed by atoms with Crippen LogP contribution in [0, 0.1) is 5.21 Å². The SMILES string of the molecule is O.O.O.[O-][N+]12CCN(CC1)CC2. The van der Waals surface area contributed by atoms with Gasteiger partial charge in [0.25, 0.3) is 0 Å². The number of hydroxylamine groups is 3. The molecule has 3 aliphatic rings. The maximum Gasteiger partial charge on any atom is 0.0913 e. The zero-order valence-corrected chi connectivity index (χ0v) is 7.05.